The molecule has 11 heteroatoms. The van der Waals surface area contributed by atoms with Crippen LogP contribution in [0.1, 0.15) is 16.8 Å². The number of benzene rings is 2. The Balaban J connectivity index is 1.49. The van der Waals surface area contributed by atoms with E-state index in [4.69, 9.17) is 27.9 Å². The number of nitrogens with zero attached hydrogens (tertiary/aromatic N) is 1. The standard InChI is InChI=1S/C20H16BrCl2N3O5/c21-12-1-4-14(5-2-12)24-17(27)10-31-20(30)11-7-18(28)26(9-11)25-19(29)15-6-3-13(22)8-16(15)23/h1-6,8,11H,7,9-10H2,(H,24,27)(H,25,29)/t11-/m0/s1. The first-order chi connectivity index (χ1) is 14.7. The van der Waals surface area contributed by atoms with Crippen molar-refractivity contribution in [2.45, 2.75) is 6.42 Å². The molecule has 2 N–H and O–H groups in total. The highest BCUT2D eigenvalue weighted by Gasteiger charge is 2.37. The first-order valence-electron chi connectivity index (χ1n) is 9.01. The van der Waals surface area contributed by atoms with Gasteiger partial charge in [-0.25, -0.2) is 0 Å². The molecule has 0 aromatic heterocycles. The molecular formula is C20H16BrCl2N3O5. The third-order valence-electron chi connectivity index (χ3n) is 4.34. The first-order valence-corrected chi connectivity index (χ1v) is 10.6. The number of hydrogen-bond donors (Lipinski definition) is 2. The minimum Gasteiger partial charge on any atom is -0.455 e. The van der Waals surface area contributed by atoms with Crippen molar-refractivity contribution in [3.8, 4) is 0 Å². The van der Waals surface area contributed by atoms with Crippen molar-refractivity contribution in [3.63, 3.8) is 0 Å². The summed E-state index contributed by atoms with van der Waals surface area (Å²) in [5.74, 6) is -3.10. The normalized spacial score (nSPS) is 15.5. The smallest absolute Gasteiger partial charge is 0.311 e. The lowest BCUT2D eigenvalue weighted by molar-refractivity contribution is -0.151. The molecule has 1 aliphatic rings. The van der Waals surface area contributed by atoms with Crippen molar-refractivity contribution in [1.82, 2.24) is 10.4 Å². The zero-order valence-electron chi connectivity index (χ0n) is 15.9. The van der Waals surface area contributed by atoms with E-state index in [9.17, 15) is 19.2 Å². The summed E-state index contributed by atoms with van der Waals surface area (Å²) in [5.41, 5.74) is 3.10. The Labute approximate surface area is 195 Å². The second kappa shape index (κ2) is 10.1. The van der Waals surface area contributed by atoms with Gasteiger partial charge >= 0.3 is 5.97 Å². The number of nitrogens with one attached hydrogen (secondary N) is 2. The van der Waals surface area contributed by atoms with Crippen LogP contribution in [-0.2, 0) is 19.1 Å². The van der Waals surface area contributed by atoms with Crippen molar-refractivity contribution < 1.29 is 23.9 Å². The number of carbonyl (C=O) groups excluding carboxylic acids is 4. The van der Waals surface area contributed by atoms with Gasteiger partial charge < -0.3 is 10.1 Å². The Morgan fingerprint density at radius 1 is 1.13 bits per heavy atom. The topological polar surface area (TPSA) is 105 Å². The fourth-order valence-electron chi connectivity index (χ4n) is 2.81. The zero-order chi connectivity index (χ0) is 22.5. The van der Waals surface area contributed by atoms with Gasteiger partial charge in [-0.3, -0.25) is 29.6 Å². The van der Waals surface area contributed by atoms with Crippen LogP contribution in [0.15, 0.2) is 46.9 Å². The molecule has 1 fully saturated rings. The van der Waals surface area contributed by atoms with Gasteiger partial charge in [0.15, 0.2) is 6.61 Å². The van der Waals surface area contributed by atoms with Crippen molar-refractivity contribution in [1.29, 1.82) is 0 Å². The van der Waals surface area contributed by atoms with E-state index < -0.39 is 36.2 Å². The molecule has 3 rings (SSSR count). The average molecular weight is 529 g/mol. The maximum Gasteiger partial charge on any atom is 0.311 e. The highest BCUT2D eigenvalue weighted by molar-refractivity contribution is 9.10. The summed E-state index contributed by atoms with van der Waals surface area (Å²) in [6, 6.07) is 11.2. The number of esters is 1. The van der Waals surface area contributed by atoms with Crippen LogP contribution < -0.4 is 10.7 Å². The summed E-state index contributed by atoms with van der Waals surface area (Å²) < 4.78 is 5.87. The van der Waals surface area contributed by atoms with Crippen molar-refractivity contribution in [3.05, 3.63) is 62.5 Å². The third kappa shape index (κ3) is 6.19. The molecule has 0 aliphatic carbocycles. The zero-order valence-corrected chi connectivity index (χ0v) is 19.0. The highest BCUT2D eigenvalue weighted by atomic mass is 79.9. The van der Waals surface area contributed by atoms with E-state index >= 15 is 0 Å². The Kier molecular flexibility index (Phi) is 7.53. The molecule has 0 spiro atoms. The summed E-state index contributed by atoms with van der Waals surface area (Å²) in [7, 11) is 0. The van der Waals surface area contributed by atoms with Gasteiger partial charge in [0.25, 0.3) is 11.8 Å². The molecule has 0 saturated carbocycles. The van der Waals surface area contributed by atoms with Gasteiger partial charge in [-0.2, -0.15) is 0 Å². The molecule has 2 aromatic rings. The Morgan fingerprint density at radius 2 is 1.84 bits per heavy atom. The lowest BCUT2D eigenvalue weighted by Crippen LogP contribution is -2.43. The second-order valence-corrected chi connectivity index (χ2v) is 8.39. The maximum atomic E-state index is 12.4. The number of ether oxygens (including phenoxy) is 1. The lowest BCUT2D eigenvalue weighted by Gasteiger charge is -2.18. The SMILES string of the molecule is O=C(COC(=O)[C@H]1CC(=O)N(NC(=O)c2ccc(Cl)cc2Cl)C1)Nc1ccc(Br)cc1. The summed E-state index contributed by atoms with van der Waals surface area (Å²) in [6.45, 7) is -0.574. The minimum absolute atomic E-state index is 0.0804. The summed E-state index contributed by atoms with van der Waals surface area (Å²) in [5, 5.41) is 4.12. The first kappa shape index (κ1) is 23.1. The fourth-order valence-corrected chi connectivity index (χ4v) is 3.57. The molecule has 0 radical (unpaired) electrons. The number of amides is 3. The molecule has 1 heterocycles. The van der Waals surface area contributed by atoms with Gasteiger partial charge in [-0.05, 0) is 42.5 Å². The fraction of sp³-hybridized carbons (Fsp3) is 0.200. The average Bonchev–Trinajstić information content (AvgIpc) is 3.08. The van der Waals surface area contributed by atoms with Gasteiger partial charge in [0.2, 0.25) is 5.91 Å². The van der Waals surface area contributed by atoms with Gasteiger partial charge in [-0.15, -0.1) is 0 Å². The number of halogens is 3. The largest absolute Gasteiger partial charge is 0.455 e. The number of carbonyl (C=O) groups is 4. The van der Waals surface area contributed by atoms with Crippen molar-refractivity contribution >= 4 is 68.5 Å². The highest BCUT2D eigenvalue weighted by Crippen LogP contribution is 2.22. The van der Waals surface area contributed by atoms with E-state index in [-0.39, 0.29) is 23.6 Å². The Bertz CT molecular complexity index is 1030. The van der Waals surface area contributed by atoms with Crippen LogP contribution in [0.5, 0.6) is 0 Å². The van der Waals surface area contributed by atoms with Gasteiger partial charge in [-0.1, -0.05) is 39.1 Å². The Morgan fingerprint density at radius 3 is 2.52 bits per heavy atom. The monoisotopic (exact) mass is 527 g/mol. The minimum atomic E-state index is -0.811. The van der Waals surface area contributed by atoms with E-state index in [1.54, 1.807) is 24.3 Å². The predicted molar refractivity (Wildman–Crippen MR) is 117 cm³/mol. The van der Waals surface area contributed by atoms with Crippen molar-refractivity contribution in [2.75, 3.05) is 18.5 Å². The molecule has 8 nitrogen and oxygen atoms in total. The number of hydrogen-bond acceptors (Lipinski definition) is 5. The molecule has 1 saturated heterocycles. The van der Waals surface area contributed by atoms with Crippen LogP contribution in [-0.4, -0.2) is 41.9 Å². The van der Waals surface area contributed by atoms with Gasteiger partial charge in [0.05, 0.1) is 23.0 Å². The van der Waals surface area contributed by atoms with E-state index in [2.05, 4.69) is 26.7 Å². The number of rotatable bonds is 6. The molecule has 1 atom stereocenters. The van der Waals surface area contributed by atoms with Gasteiger partial charge in [0.1, 0.15) is 0 Å². The third-order valence-corrected chi connectivity index (χ3v) is 5.42. The maximum absolute atomic E-state index is 12.4. The molecular weight excluding hydrogens is 513 g/mol. The van der Waals surface area contributed by atoms with Crippen LogP contribution in [0.2, 0.25) is 10.0 Å². The van der Waals surface area contributed by atoms with E-state index in [1.807, 2.05) is 0 Å². The van der Waals surface area contributed by atoms with Crippen molar-refractivity contribution in [2.24, 2.45) is 5.92 Å². The van der Waals surface area contributed by atoms with E-state index in [1.165, 1.54) is 18.2 Å². The molecule has 1 aliphatic heterocycles. The quantitative estimate of drug-likeness (QED) is 0.559. The van der Waals surface area contributed by atoms with Crippen LogP contribution in [0, 0.1) is 5.92 Å². The summed E-state index contributed by atoms with van der Waals surface area (Å²) in [6.07, 6.45) is -0.151. The number of anilines is 1. The second-order valence-electron chi connectivity index (χ2n) is 6.63. The molecule has 0 bridgehead atoms. The van der Waals surface area contributed by atoms with Gasteiger partial charge in [0, 0.05) is 21.6 Å². The van der Waals surface area contributed by atoms with E-state index in [0.717, 1.165) is 9.48 Å². The van der Waals surface area contributed by atoms with Crippen LogP contribution in [0.4, 0.5) is 5.69 Å². The molecule has 31 heavy (non-hydrogen) atoms. The lowest BCUT2D eigenvalue weighted by atomic mass is 10.1. The molecule has 2 aromatic carbocycles. The van der Waals surface area contributed by atoms with Crippen LogP contribution in [0.3, 0.4) is 0 Å². The molecule has 0 unspecified atom stereocenters. The predicted octanol–water partition coefficient (Wildman–Crippen LogP) is 3.43. The van der Waals surface area contributed by atoms with Crippen LogP contribution >= 0.6 is 39.1 Å². The summed E-state index contributed by atoms with van der Waals surface area (Å²) >= 11 is 15.1. The molecule has 162 valence electrons. The number of hydrazine groups is 1. The van der Waals surface area contributed by atoms with E-state index in [0.29, 0.717) is 10.7 Å². The van der Waals surface area contributed by atoms with Crippen LogP contribution in [0.25, 0.3) is 0 Å². The molecule has 3 amide bonds. The summed E-state index contributed by atoms with van der Waals surface area (Å²) in [4.78, 5) is 48.7. The Hall–Kier alpha value is -2.62.